The van der Waals surface area contributed by atoms with Crippen LogP contribution in [0.3, 0.4) is 0 Å². The lowest BCUT2D eigenvalue weighted by atomic mass is 9.89. The van der Waals surface area contributed by atoms with Crippen molar-refractivity contribution in [2.45, 2.75) is 19.4 Å². The van der Waals surface area contributed by atoms with Crippen LogP contribution in [0.15, 0.2) is 113 Å². The zero-order valence-electron chi connectivity index (χ0n) is 21.1. The average Bonchev–Trinajstić information content (AvgIpc) is 3.39. The summed E-state index contributed by atoms with van der Waals surface area (Å²) in [7, 11) is 0. The second-order valence-electron chi connectivity index (χ2n) is 9.43. The van der Waals surface area contributed by atoms with Gasteiger partial charge in [-0.1, -0.05) is 88.2 Å². The molecule has 6 rings (SSSR count). The average molecular weight is 612 g/mol. The minimum atomic E-state index is -0.0786. The third kappa shape index (κ3) is 5.20. The van der Waals surface area contributed by atoms with E-state index in [0.29, 0.717) is 16.6 Å². The molecule has 39 heavy (non-hydrogen) atoms. The van der Waals surface area contributed by atoms with Crippen LogP contribution >= 0.6 is 39.7 Å². The Labute approximate surface area is 246 Å². The molecule has 2 heterocycles. The second kappa shape index (κ2) is 10.9. The molecule has 0 amide bonds. The van der Waals surface area contributed by atoms with Gasteiger partial charge < -0.3 is 5.32 Å². The predicted molar refractivity (Wildman–Crippen MR) is 169 cm³/mol. The Morgan fingerprint density at radius 1 is 0.923 bits per heavy atom. The molecule has 4 aromatic carbocycles. The zero-order valence-corrected chi connectivity index (χ0v) is 24.3. The quantitative estimate of drug-likeness (QED) is 0.206. The Hall–Kier alpha value is -3.58. The molecule has 1 aliphatic heterocycles. The lowest BCUT2D eigenvalue weighted by Crippen LogP contribution is -2.31. The number of para-hydroxylation sites is 2. The first-order valence-corrected chi connectivity index (χ1v) is 14.2. The van der Waals surface area contributed by atoms with Crippen molar-refractivity contribution in [2.75, 3.05) is 5.32 Å². The first-order valence-electron chi connectivity index (χ1n) is 12.6. The number of nitrogens with zero attached hydrogens (tertiary/aromatic N) is 3. The number of hydrazone groups is 1. The summed E-state index contributed by atoms with van der Waals surface area (Å²) in [6, 6.07) is 34.4. The van der Waals surface area contributed by atoms with Crippen LogP contribution < -0.4 is 5.32 Å². The van der Waals surface area contributed by atoms with Gasteiger partial charge in [-0.2, -0.15) is 5.10 Å². The van der Waals surface area contributed by atoms with Gasteiger partial charge in [-0.25, -0.2) is 5.01 Å². The molecule has 5 aromatic rings. The number of fused-ring (bicyclic) bond motifs is 1. The van der Waals surface area contributed by atoms with E-state index in [9.17, 15) is 0 Å². The standard InChI is InChI=1S/C32H24BrClN4S/c1-20-30(31(21-14-16-24(34)17-15-21)26-12-5-6-13-27(26)35-20)28-19-29(22-8-7-9-23(33)18-22)38(37-28)32(39)36-25-10-3-2-4-11-25/h2-18,29H,19H2,1H3,(H,36,39)/t29-/m1/s1. The summed E-state index contributed by atoms with van der Waals surface area (Å²) in [5.41, 5.74) is 8.06. The van der Waals surface area contributed by atoms with Crippen LogP contribution in [0.2, 0.25) is 5.02 Å². The van der Waals surface area contributed by atoms with Gasteiger partial charge in [-0.05, 0) is 72.7 Å². The lowest BCUT2D eigenvalue weighted by Gasteiger charge is -2.25. The number of nitrogens with one attached hydrogen (secondary N) is 1. The largest absolute Gasteiger partial charge is 0.331 e. The summed E-state index contributed by atoms with van der Waals surface area (Å²) >= 11 is 15.8. The van der Waals surface area contributed by atoms with E-state index in [1.54, 1.807) is 0 Å². The molecule has 7 heteroatoms. The Morgan fingerprint density at radius 2 is 1.67 bits per heavy atom. The number of pyridine rings is 1. The Balaban J connectivity index is 1.51. The van der Waals surface area contributed by atoms with E-state index in [-0.39, 0.29) is 6.04 Å². The van der Waals surface area contributed by atoms with Crippen molar-refractivity contribution in [3.05, 3.63) is 129 Å². The summed E-state index contributed by atoms with van der Waals surface area (Å²) in [6.45, 7) is 2.06. The van der Waals surface area contributed by atoms with Crippen molar-refractivity contribution in [1.82, 2.24) is 9.99 Å². The Kier molecular flexibility index (Phi) is 7.17. The molecule has 0 fully saturated rings. The van der Waals surface area contributed by atoms with Gasteiger partial charge in [0.05, 0.1) is 17.3 Å². The number of aromatic nitrogens is 1. The van der Waals surface area contributed by atoms with E-state index in [0.717, 1.165) is 54.7 Å². The highest BCUT2D eigenvalue weighted by molar-refractivity contribution is 9.10. The van der Waals surface area contributed by atoms with Gasteiger partial charge in [0.25, 0.3) is 0 Å². The molecule has 1 aliphatic rings. The summed E-state index contributed by atoms with van der Waals surface area (Å²) in [5, 5.41) is 12.8. The molecule has 4 nitrogen and oxygen atoms in total. The molecule has 0 saturated carbocycles. The number of hydrogen-bond acceptors (Lipinski definition) is 3. The van der Waals surface area contributed by atoms with Crippen molar-refractivity contribution in [3.8, 4) is 11.1 Å². The summed E-state index contributed by atoms with van der Waals surface area (Å²) in [4.78, 5) is 4.99. The van der Waals surface area contributed by atoms with Gasteiger partial charge in [0, 0.05) is 43.8 Å². The van der Waals surface area contributed by atoms with Crippen molar-refractivity contribution in [2.24, 2.45) is 5.10 Å². The zero-order chi connectivity index (χ0) is 26.9. The van der Waals surface area contributed by atoms with E-state index in [1.165, 1.54) is 0 Å². The van der Waals surface area contributed by atoms with Gasteiger partial charge in [0.2, 0.25) is 0 Å². The fourth-order valence-corrected chi connectivity index (χ4v) is 5.96. The van der Waals surface area contributed by atoms with E-state index >= 15 is 0 Å². The van der Waals surface area contributed by atoms with E-state index in [4.69, 9.17) is 33.9 Å². The van der Waals surface area contributed by atoms with Crippen molar-refractivity contribution in [3.63, 3.8) is 0 Å². The van der Waals surface area contributed by atoms with E-state index in [2.05, 4.69) is 70.6 Å². The number of aryl methyl sites for hydroxylation is 1. The van der Waals surface area contributed by atoms with Gasteiger partial charge in [-0.15, -0.1) is 0 Å². The Bertz CT molecular complexity index is 1720. The summed E-state index contributed by atoms with van der Waals surface area (Å²) in [6.07, 6.45) is 0.675. The van der Waals surface area contributed by atoms with Crippen LogP contribution in [-0.2, 0) is 0 Å². The van der Waals surface area contributed by atoms with Crippen LogP contribution in [0.1, 0.15) is 29.3 Å². The molecule has 1 atom stereocenters. The first-order chi connectivity index (χ1) is 19.0. The summed E-state index contributed by atoms with van der Waals surface area (Å²) < 4.78 is 1.01. The van der Waals surface area contributed by atoms with Crippen molar-refractivity contribution >= 4 is 67.2 Å². The number of rotatable bonds is 4. The van der Waals surface area contributed by atoms with Gasteiger partial charge in [0.15, 0.2) is 5.11 Å². The van der Waals surface area contributed by atoms with Gasteiger partial charge in [0.1, 0.15) is 0 Å². The smallest absolute Gasteiger partial charge is 0.194 e. The van der Waals surface area contributed by atoms with Crippen LogP contribution in [0, 0.1) is 6.92 Å². The highest BCUT2D eigenvalue weighted by Crippen LogP contribution is 2.40. The van der Waals surface area contributed by atoms with Crippen LogP contribution in [0.25, 0.3) is 22.0 Å². The fraction of sp³-hybridized carbons (Fsp3) is 0.0938. The van der Waals surface area contributed by atoms with Crippen molar-refractivity contribution in [1.29, 1.82) is 0 Å². The molecular weight excluding hydrogens is 588 g/mol. The number of thiocarbonyl (C=S) groups is 1. The van der Waals surface area contributed by atoms with Crippen LogP contribution in [0.5, 0.6) is 0 Å². The molecule has 0 bridgehead atoms. The third-order valence-electron chi connectivity index (χ3n) is 6.87. The monoisotopic (exact) mass is 610 g/mol. The minimum absolute atomic E-state index is 0.0786. The number of benzene rings is 4. The van der Waals surface area contributed by atoms with Gasteiger partial charge >= 0.3 is 0 Å². The number of anilines is 1. The maximum absolute atomic E-state index is 6.27. The van der Waals surface area contributed by atoms with Gasteiger partial charge in [-0.3, -0.25) is 4.98 Å². The van der Waals surface area contributed by atoms with Crippen LogP contribution in [-0.4, -0.2) is 20.8 Å². The topological polar surface area (TPSA) is 40.5 Å². The molecule has 0 radical (unpaired) electrons. The second-order valence-corrected chi connectivity index (χ2v) is 11.2. The highest BCUT2D eigenvalue weighted by Gasteiger charge is 2.34. The third-order valence-corrected chi connectivity index (χ3v) is 7.91. The van der Waals surface area contributed by atoms with Crippen LogP contribution in [0.4, 0.5) is 5.69 Å². The maximum atomic E-state index is 6.27. The first kappa shape index (κ1) is 25.7. The maximum Gasteiger partial charge on any atom is 0.194 e. The molecule has 0 aliphatic carbocycles. The van der Waals surface area contributed by atoms with E-state index < -0.39 is 0 Å². The Morgan fingerprint density at radius 3 is 2.44 bits per heavy atom. The molecule has 0 saturated heterocycles. The minimum Gasteiger partial charge on any atom is -0.331 e. The molecular formula is C32H24BrClN4S. The number of hydrogen-bond donors (Lipinski definition) is 1. The molecule has 1 aromatic heterocycles. The fourth-order valence-electron chi connectivity index (χ4n) is 5.13. The van der Waals surface area contributed by atoms with Crippen molar-refractivity contribution < 1.29 is 0 Å². The predicted octanol–water partition coefficient (Wildman–Crippen LogP) is 9.17. The molecule has 0 unspecified atom stereocenters. The van der Waals surface area contributed by atoms with E-state index in [1.807, 2.05) is 65.7 Å². The number of halogens is 2. The molecule has 0 spiro atoms. The molecule has 1 N–H and O–H groups in total. The summed E-state index contributed by atoms with van der Waals surface area (Å²) in [5.74, 6) is 0. The SMILES string of the molecule is Cc1nc2ccccc2c(-c2ccc(Cl)cc2)c1C1=NN(C(=S)Nc2ccccc2)[C@@H](c2cccc(Br)c2)C1. The lowest BCUT2D eigenvalue weighted by molar-refractivity contribution is 0.375. The highest BCUT2D eigenvalue weighted by atomic mass is 79.9. The molecule has 192 valence electrons. The normalized spacial score (nSPS) is 14.9.